The lowest BCUT2D eigenvalue weighted by molar-refractivity contribution is 0.441. The molecule has 0 aromatic carbocycles. The number of hydrogen-bond acceptors (Lipinski definition) is 4. The molecule has 1 N–H and O–H groups in total. The summed E-state index contributed by atoms with van der Waals surface area (Å²) in [5.74, 6) is 0.668. The first kappa shape index (κ1) is 18.8. The number of hydrogen-bond donors (Lipinski definition) is 1. The van der Waals surface area contributed by atoms with Crippen LogP contribution < -0.4 is 5.32 Å². The van der Waals surface area contributed by atoms with Gasteiger partial charge >= 0.3 is 0 Å². The number of aromatic nitrogens is 4. The highest BCUT2D eigenvalue weighted by Crippen LogP contribution is 2.27. The Kier molecular flexibility index (Phi) is 5.13. The van der Waals surface area contributed by atoms with Gasteiger partial charge in [-0.15, -0.1) is 0 Å². The molecule has 0 radical (unpaired) electrons. The summed E-state index contributed by atoms with van der Waals surface area (Å²) in [6.07, 6.45) is 9.62. The molecule has 140 valence electrons. The first-order valence-electron chi connectivity index (χ1n) is 9.17. The van der Waals surface area contributed by atoms with Gasteiger partial charge in [-0.3, -0.25) is 0 Å². The lowest BCUT2D eigenvalue weighted by atomic mass is 9.97. The molecule has 3 aromatic heterocycles. The number of nitrogens with one attached hydrogen (secondary N) is 1. The number of rotatable bonds is 5. The van der Waals surface area contributed by atoms with E-state index in [0.717, 1.165) is 40.0 Å². The predicted octanol–water partition coefficient (Wildman–Crippen LogP) is 4.99. The lowest BCUT2D eigenvalue weighted by Gasteiger charge is -2.19. The van der Waals surface area contributed by atoms with Gasteiger partial charge in [-0.25, -0.2) is 14.5 Å². The molecule has 0 fully saturated rings. The summed E-state index contributed by atoms with van der Waals surface area (Å²) in [5, 5.41) is 7.67. The van der Waals surface area contributed by atoms with Gasteiger partial charge in [0.05, 0.1) is 17.4 Å². The topological polar surface area (TPSA) is 55.1 Å². The van der Waals surface area contributed by atoms with E-state index in [0.29, 0.717) is 5.95 Å². The van der Waals surface area contributed by atoms with Crippen molar-refractivity contribution in [3.8, 4) is 0 Å². The summed E-state index contributed by atoms with van der Waals surface area (Å²) < 4.78 is 1.86. The number of aryl methyl sites for hydroxylation is 1. The van der Waals surface area contributed by atoms with Crippen LogP contribution in [0.3, 0.4) is 0 Å². The van der Waals surface area contributed by atoms with Gasteiger partial charge in [0.1, 0.15) is 0 Å². The second kappa shape index (κ2) is 7.35. The molecule has 27 heavy (non-hydrogen) atoms. The summed E-state index contributed by atoms with van der Waals surface area (Å²) in [6.45, 7) is 15.3. The molecule has 3 rings (SSSR count). The molecular weight excluding hydrogens is 334 g/mol. The van der Waals surface area contributed by atoms with E-state index in [1.807, 2.05) is 43.0 Å². The highest BCUT2D eigenvalue weighted by atomic mass is 15.2. The Morgan fingerprint density at radius 3 is 2.70 bits per heavy atom. The van der Waals surface area contributed by atoms with E-state index >= 15 is 0 Å². The second-order valence-electron chi connectivity index (χ2n) is 7.86. The molecular formula is C22H27N5. The fourth-order valence-corrected chi connectivity index (χ4v) is 2.96. The van der Waals surface area contributed by atoms with Crippen LogP contribution in [0.5, 0.6) is 0 Å². The van der Waals surface area contributed by atoms with Crippen molar-refractivity contribution in [1.29, 1.82) is 0 Å². The smallest absolute Gasteiger partial charge is 0.222 e. The Hall–Kier alpha value is -2.95. The molecule has 3 heterocycles. The van der Waals surface area contributed by atoms with Crippen LogP contribution in [0, 0.1) is 12.3 Å². The molecule has 0 atom stereocenters. The largest absolute Gasteiger partial charge is 0.354 e. The molecule has 3 aromatic rings. The molecule has 0 aliphatic rings. The van der Waals surface area contributed by atoms with Gasteiger partial charge in [0.15, 0.2) is 0 Å². The van der Waals surface area contributed by atoms with E-state index in [1.54, 1.807) is 0 Å². The molecule has 5 nitrogen and oxygen atoms in total. The van der Waals surface area contributed by atoms with Crippen molar-refractivity contribution >= 4 is 23.1 Å². The first-order valence-corrected chi connectivity index (χ1v) is 9.17. The minimum Gasteiger partial charge on any atom is -0.354 e. The molecule has 0 bridgehead atoms. The Balaban J connectivity index is 1.95. The Labute approximate surface area is 160 Å². The van der Waals surface area contributed by atoms with Crippen molar-refractivity contribution in [1.82, 2.24) is 19.6 Å². The van der Waals surface area contributed by atoms with Gasteiger partial charge in [-0.2, -0.15) is 5.10 Å². The van der Waals surface area contributed by atoms with Gasteiger partial charge in [-0.05, 0) is 42.5 Å². The Bertz CT molecular complexity index is 1010. The van der Waals surface area contributed by atoms with Crippen LogP contribution in [0.25, 0.3) is 17.2 Å². The minimum atomic E-state index is 0.175. The fourth-order valence-electron chi connectivity index (χ4n) is 2.96. The van der Waals surface area contributed by atoms with Crippen LogP contribution in [0.15, 0.2) is 43.4 Å². The fraction of sp³-hybridized carbons (Fsp3) is 0.318. The number of fused-ring (bicyclic) bond motifs is 1. The zero-order valence-electron chi connectivity index (χ0n) is 16.7. The van der Waals surface area contributed by atoms with Crippen LogP contribution in [-0.4, -0.2) is 26.1 Å². The van der Waals surface area contributed by atoms with Crippen LogP contribution >= 0.6 is 0 Å². The van der Waals surface area contributed by atoms with Crippen molar-refractivity contribution in [3.05, 3.63) is 65.8 Å². The monoisotopic (exact) mass is 361 g/mol. The highest BCUT2D eigenvalue weighted by Gasteiger charge is 2.14. The van der Waals surface area contributed by atoms with Crippen molar-refractivity contribution < 1.29 is 0 Å². The van der Waals surface area contributed by atoms with E-state index < -0.39 is 0 Å². The quantitative estimate of drug-likeness (QED) is 0.696. The SMILES string of the molecule is C=Cc1cnn2ccc(/C(=C/C)c3cnc(NCC(C)(C)C)nc3C)cc12. The second-order valence-corrected chi connectivity index (χ2v) is 7.86. The van der Waals surface area contributed by atoms with Crippen molar-refractivity contribution in [2.24, 2.45) is 5.41 Å². The first-order chi connectivity index (χ1) is 12.8. The van der Waals surface area contributed by atoms with Gasteiger partial charge in [-0.1, -0.05) is 39.5 Å². The zero-order valence-corrected chi connectivity index (χ0v) is 16.7. The summed E-state index contributed by atoms with van der Waals surface area (Å²) in [5.41, 5.74) is 6.42. The van der Waals surface area contributed by atoms with Crippen LogP contribution in [0.4, 0.5) is 5.95 Å². The zero-order chi connectivity index (χ0) is 19.6. The van der Waals surface area contributed by atoms with E-state index in [-0.39, 0.29) is 5.41 Å². The standard InChI is InChI=1S/C22H27N5/c1-7-16-12-25-27-10-9-17(11-20(16)27)18(8-2)19-13-23-21(26-15(19)3)24-14-22(4,5)6/h7-13H,1,14H2,2-6H3,(H,23,24,26)/b18-8-. The van der Waals surface area contributed by atoms with Gasteiger partial charge < -0.3 is 5.32 Å². The number of allylic oxidation sites excluding steroid dienone is 1. The minimum absolute atomic E-state index is 0.175. The highest BCUT2D eigenvalue weighted by molar-refractivity contribution is 5.83. The third kappa shape index (κ3) is 4.08. The molecule has 5 heteroatoms. The molecule has 0 amide bonds. The predicted molar refractivity (Wildman–Crippen MR) is 113 cm³/mol. The maximum absolute atomic E-state index is 4.66. The van der Waals surface area contributed by atoms with E-state index in [2.05, 4.69) is 65.9 Å². The molecule has 0 aliphatic heterocycles. The van der Waals surface area contributed by atoms with Crippen molar-refractivity contribution in [3.63, 3.8) is 0 Å². The summed E-state index contributed by atoms with van der Waals surface area (Å²) in [4.78, 5) is 9.19. The molecule has 0 spiro atoms. The average Bonchev–Trinajstić information content (AvgIpc) is 3.04. The summed E-state index contributed by atoms with van der Waals surface area (Å²) >= 11 is 0. The normalized spacial score (nSPS) is 12.4. The third-order valence-corrected chi connectivity index (χ3v) is 4.42. The van der Waals surface area contributed by atoms with Crippen LogP contribution in [0.2, 0.25) is 0 Å². The lowest BCUT2D eigenvalue weighted by Crippen LogP contribution is -2.20. The number of nitrogens with zero attached hydrogens (tertiary/aromatic N) is 4. The van der Waals surface area contributed by atoms with Gasteiger partial charge in [0.25, 0.3) is 0 Å². The molecule has 0 saturated heterocycles. The van der Waals surface area contributed by atoms with Crippen molar-refractivity contribution in [2.45, 2.75) is 34.6 Å². The summed E-state index contributed by atoms with van der Waals surface area (Å²) in [6, 6.07) is 4.19. The van der Waals surface area contributed by atoms with Crippen LogP contribution in [-0.2, 0) is 0 Å². The Morgan fingerprint density at radius 1 is 1.30 bits per heavy atom. The number of anilines is 1. The van der Waals surface area contributed by atoms with Crippen LogP contribution in [0.1, 0.15) is 50.1 Å². The third-order valence-electron chi connectivity index (χ3n) is 4.42. The Morgan fingerprint density at radius 2 is 2.07 bits per heavy atom. The van der Waals surface area contributed by atoms with Gasteiger partial charge in [0, 0.05) is 30.1 Å². The average molecular weight is 361 g/mol. The molecule has 0 aliphatic carbocycles. The maximum Gasteiger partial charge on any atom is 0.222 e. The molecule has 0 saturated carbocycles. The number of pyridine rings is 1. The maximum atomic E-state index is 4.66. The van der Waals surface area contributed by atoms with Gasteiger partial charge in [0.2, 0.25) is 5.95 Å². The van der Waals surface area contributed by atoms with E-state index in [1.165, 1.54) is 0 Å². The summed E-state index contributed by atoms with van der Waals surface area (Å²) in [7, 11) is 0. The van der Waals surface area contributed by atoms with E-state index in [4.69, 9.17) is 0 Å². The van der Waals surface area contributed by atoms with Crippen molar-refractivity contribution in [2.75, 3.05) is 11.9 Å². The molecule has 0 unspecified atom stereocenters. The van der Waals surface area contributed by atoms with E-state index in [9.17, 15) is 0 Å².